The highest BCUT2D eigenvalue weighted by atomic mass is 35.5. The number of carbonyl (C=O) groups excluding carboxylic acids is 2. The molecule has 31 heavy (non-hydrogen) atoms. The van der Waals surface area contributed by atoms with E-state index < -0.39 is 21.2 Å². The first-order valence-electron chi connectivity index (χ1n) is 9.49. The third-order valence-corrected chi connectivity index (χ3v) is 7.24. The number of nitrogens with one attached hydrogen (secondary N) is 2. The molecule has 0 spiro atoms. The minimum absolute atomic E-state index is 0.0269. The molecule has 0 aliphatic heterocycles. The van der Waals surface area contributed by atoms with Crippen molar-refractivity contribution in [3.8, 4) is 5.75 Å². The molecule has 3 aliphatic rings. The lowest BCUT2D eigenvalue weighted by molar-refractivity contribution is -0.141. The quantitative estimate of drug-likeness (QED) is 0.643. The Hall–Kier alpha value is -2.59. The summed E-state index contributed by atoms with van der Waals surface area (Å²) in [4.78, 5) is 24.8. The Morgan fingerprint density at radius 2 is 1.81 bits per heavy atom. The fourth-order valence-corrected chi connectivity index (χ4v) is 5.53. The number of halogens is 2. The fourth-order valence-electron chi connectivity index (χ4n) is 4.50. The van der Waals surface area contributed by atoms with E-state index in [0.717, 1.165) is 12.3 Å². The first-order valence-corrected chi connectivity index (χ1v) is 11.8. The summed E-state index contributed by atoms with van der Waals surface area (Å²) in [7, 11) is -1.90. The van der Waals surface area contributed by atoms with Gasteiger partial charge in [-0.2, -0.15) is 0 Å². The summed E-state index contributed by atoms with van der Waals surface area (Å²) in [6.45, 7) is -0.264. The van der Waals surface area contributed by atoms with Crippen LogP contribution in [0.15, 0.2) is 35.4 Å². The Morgan fingerprint density at radius 3 is 2.39 bits per heavy atom. The van der Waals surface area contributed by atoms with Gasteiger partial charge in [0.1, 0.15) is 22.3 Å². The molecule has 11 heteroatoms. The minimum Gasteiger partial charge on any atom is -0.484 e. The zero-order valence-electron chi connectivity index (χ0n) is 16.9. The van der Waals surface area contributed by atoms with Gasteiger partial charge in [-0.25, -0.2) is 12.8 Å². The van der Waals surface area contributed by atoms with E-state index >= 15 is 0 Å². The number of ether oxygens (including phenoxy) is 1. The maximum Gasteiger partial charge on any atom is 0.268 e. The molecule has 1 heterocycles. The summed E-state index contributed by atoms with van der Waals surface area (Å²) >= 11 is 5.61. The van der Waals surface area contributed by atoms with Gasteiger partial charge >= 0.3 is 0 Å². The number of hydrogen-bond acceptors (Lipinski definition) is 5. The Kier molecular flexibility index (Phi) is 5.05. The molecule has 8 nitrogen and oxygen atoms in total. The van der Waals surface area contributed by atoms with Crippen molar-refractivity contribution in [1.82, 2.24) is 15.2 Å². The third-order valence-electron chi connectivity index (χ3n) is 5.76. The van der Waals surface area contributed by atoms with E-state index in [9.17, 15) is 22.4 Å². The van der Waals surface area contributed by atoms with Crippen LogP contribution in [0.2, 0.25) is 5.02 Å². The molecular weight excluding hydrogens is 449 g/mol. The van der Waals surface area contributed by atoms with Crippen LogP contribution in [-0.4, -0.2) is 48.7 Å². The maximum atomic E-state index is 13.4. The van der Waals surface area contributed by atoms with Gasteiger partial charge in [0.05, 0.1) is 5.02 Å². The van der Waals surface area contributed by atoms with Crippen molar-refractivity contribution in [2.75, 3.05) is 12.9 Å². The zero-order chi connectivity index (χ0) is 22.6. The second-order valence-corrected chi connectivity index (χ2v) is 10.7. The molecule has 2 bridgehead atoms. The molecule has 0 radical (unpaired) electrons. The van der Waals surface area contributed by atoms with Gasteiger partial charge in [0.2, 0.25) is 0 Å². The second kappa shape index (κ2) is 7.23. The highest BCUT2D eigenvalue weighted by Gasteiger charge is 2.69. The molecule has 2 aromatic rings. The average Bonchev–Trinajstić information content (AvgIpc) is 3.01. The monoisotopic (exact) mass is 469 g/mol. The van der Waals surface area contributed by atoms with E-state index in [-0.39, 0.29) is 45.5 Å². The molecule has 0 atom stereocenters. The van der Waals surface area contributed by atoms with Crippen molar-refractivity contribution >= 4 is 33.3 Å². The standard InChI is InChI=1S/C20H21ClFN3O5S/c1-25-15(5-6-17(25)31(2,28)29)18(27)24-20-9-19(10-20,11-20)23-16(26)8-30-12-3-4-13(21)14(22)7-12/h3-7H,8-11H2,1-2H3,(H,23,26)(H,24,27). The first-order chi connectivity index (χ1) is 14.4. The number of aromatic nitrogens is 1. The molecule has 3 saturated carbocycles. The van der Waals surface area contributed by atoms with Gasteiger partial charge in [0, 0.05) is 30.4 Å². The Morgan fingerprint density at radius 1 is 1.16 bits per heavy atom. The first kappa shape index (κ1) is 21.6. The van der Waals surface area contributed by atoms with Crippen molar-refractivity contribution in [3.63, 3.8) is 0 Å². The highest BCUT2D eigenvalue weighted by Crippen LogP contribution is 2.60. The van der Waals surface area contributed by atoms with E-state index in [2.05, 4.69) is 10.6 Å². The van der Waals surface area contributed by atoms with E-state index in [1.807, 2.05) is 0 Å². The van der Waals surface area contributed by atoms with Crippen molar-refractivity contribution in [2.45, 2.75) is 35.4 Å². The highest BCUT2D eigenvalue weighted by molar-refractivity contribution is 7.90. The van der Waals surface area contributed by atoms with Crippen LogP contribution in [0, 0.1) is 5.82 Å². The number of hydrogen-bond donors (Lipinski definition) is 2. The molecule has 2 N–H and O–H groups in total. The number of carbonyl (C=O) groups is 2. The minimum atomic E-state index is -3.43. The Balaban J connectivity index is 1.28. The third kappa shape index (κ3) is 4.01. The summed E-state index contributed by atoms with van der Waals surface area (Å²) in [5.74, 6) is -1.12. The van der Waals surface area contributed by atoms with E-state index in [1.165, 1.54) is 35.9 Å². The number of amides is 2. The molecule has 166 valence electrons. The van der Waals surface area contributed by atoms with Crippen LogP contribution in [0.25, 0.3) is 0 Å². The lowest BCUT2D eigenvalue weighted by Crippen LogP contribution is -2.84. The molecule has 1 aromatic carbocycles. The maximum absolute atomic E-state index is 13.4. The van der Waals surface area contributed by atoms with E-state index in [4.69, 9.17) is 16.3 Å². The largest absolute Gasteiger partial charge is 0.484 e. The van der Waals surface area contributed by atoms with Crippen LogP contribution in [0.3, 0.4) is 0 Å². The van der Waals surface area contributed by atoms with Crippen LogP contribution in [0.1, 0.15) is 29.8 Å². The van der Waals surface area contributed by atoms with Gasteiger partial charge < -0.3 is 19.9 Å². The molecule has 3 aliphatic carbocycles. The summed E-state index contributed by atoms with van der Waals surface area (Å²) < 4.78 is 43.6. The fraction of sp³-hybridized carbons (Fsp3) is 0.400. The normalized spacial score (nSPS) is 24.0. The zero-order valence-corrected chi connectivity index (χ0v) is 18.4. The molecule has 1 aromatic heterocycles. The summed E-state index contributed by atoms with van der Waals surface area (Å²) in [5, 5.41) is 5.91. The molecular formula is C20H21ClFN3O5S. The number of nitrogens with zero attached hydrogens (tertiary/aromatic N) is 1. The molecule has 0 saturated heterocycles. The lowest BCUT2D eigenvalue weighted by atomic mass is 9.44. The summed E-state index contributed by atoms with van der Waals surface area (Å²) in [6, 6.07) is 6.82. The SMILES string of the molecule is Cn1c(C(=O)NC23CC(NC(=O)COc4ccc(Cl)c(F)c4)(C2)C3)ccc1S(C)(=O)=O. The van der Waals surface area contributed by atoms with Crippen molar-refractivity contribution < 1.29 is 27.1 Å². The van der Waals surface area contributed by atoms with Crippen LogP contribution < -0.4 is 15.4 Å². The van der Waals surface area contributed by atoms with Crippen molar-refractivity contribution in [2.24, 2.45) is 7.05 Å². The van der Waals surface area contributed by atoms with Crippen LogP contribution >= 0.6 is 11.6 Å². The number of sulfone groups is 1. The predicted octanol–water partition coefficient (Wildman–Crippen LogP) is 1.82. The van der Waals surface area contributed by atoms with Gasteiger partial charge in [0.15, 0.2) is 16.4 Å². The van der Waals surface area contributed by atoms with Gasteiger partial charge in [-0.1, -0.05) is 11.6 Å². The summed E-state index contributed by atoms with van der Waals surface area (Å²) in [6.07, 6.45) is 2.83. The molecule has 2 amide bonds. The molecule has 5 rings (SSSR count). The number of rotatable bonds is 7. The van der Waals surface area contributed by atoms with Crippen LogP contribution in [-0.2, 0) is 21.7 Å². The van der Waals surface area contributed by atoms with Gasteiger partial charge in [0.25, 0.3) is 11.8 Å². The van der Waals surface area contributed by atoms with Crippen LogP contribution in [0.4, 0.5) is 4.39 Å². The smallest absolute Gasteiger partial charge is 0.268 e. The van der Waals surface area contributed by atoms with E-state index in [0.29, 0.717) is 19.3 Å². The van der Waals surface area contributed by atoms with Gasteiger partial charge in [-0.15, -0.1) is 0 Å². The van der Waals surface area contributed by atoms with Crippen LogP contribution in [0.5, 0.6) is 5.75 Å². The predicted molar refractivity (Wildman–Crippen MR) is 110 cm³/mol. The van der Waals surface area contributed by atoms with Crippen molar-refractivity contribution in [3.05, 3.63) is 46.9 Å². The average molecular weight is 470 g/mol. The number of benzene rings is 1. The summed E-state index contributed by atoms with van der Waals surface area (Å²) in [5.41, 5.74) is -0.530. The lowest BCUT2D eigenvalue weighted by Gasteiger charge is -2.70. The van der Waals surface area contributed by atoms with E-state index in [1.54, 1.807) is 0 Å². The second-order valence-electron chi connectivity index (χ2n) is 8.35. The molecule has 3 fully saturated rings. The van der Waals surface area contributed by atoms with Gasteiger partial charge in [-0.05, 0) is 43.5 Å². The Bertz CT molecular complexity index is 1170. The topological polar surface area (TPSA) is 106 Å². The van der Waals surface area contributed by atoms with Crippen molar-refractivity contribution in [1.29, 1.82) is 0 Å². The van der Waals surface area contributed by atoms with Gasteiger partial charge in [-0.3, -0.25) is 9.59 Å². The molecule has 0 unspecified atom stereocenters. The Labute approximate surface area is 183 Å².